The average Bonchev–Trinajstić information content (AvgIpc) is 3.53. The molecule has 4 aromatic rings. The lowest BCUT2D eigenvalue weighted by molar-refractivity contribution is 0.200. The van der Waals surface area contributed by atoms with Crippen LogP contribution in [0.2, 0.25) is 0 Å². The number of likely N-dealkylation sites (tertiary alicyclic amines) is 1. The van der Waals surface area contributed by atoms with Crippen molar-refractivity contribution in [3.63, 3.8) is 0 Å². The number of benzene rings is 2. The van der Waals surface area contributed by atoms with Crippen LogP contribution in [0.1, 0.15) is 33.0 Å². The lowest BCUT2D eigenvalue weighted by atomic mass is 9.93. The topological polar surface area (TPSA) is 124 Å². The number of hydrogen-bond donors (Lipinski definition) is 2. The minimum atomic E-state index is -0.459. The molecule has 204 valence electrons. The first-order chi connectivity index (χ1) is 18.7. The molecule has 5 rings (SSSR count). The number of methoxy groups -OCH3 is 1. The van der Waals surface area contributed by atoms with Gasteiger partial charge in [0.15, 0.2) is 17.3 Å². The second-order valence-electron chi connectivity index (χ2n) is 10.5. The molecule has 1 atom stereocenters. The first-order valence-corrected chi connectivity index (χ1v) is 12.7. The Morgan fingerprint density at radius 2 is 1.95 bits per heavy atom. The van der Waals surface area contributed by atoms with E-state index in [1.807, 2.05) is 32.9 Å². The molecule has 0 bridgehead atoms. The van der Waals surface area contributed by atoms with Crippen LogP contribution in [-0.4, -0.2) is 59.4 Å². The number of ether oxygens (including phenoxy) is 3. The number of anilines is 2. The summed E-state index contributed by atoms with van der Waals surface area (Å²) in [5.41, 5.74) is 0.974. The third-order valence-corrected chi connectivity index (χ3v) is 6.32. The minimum absolute atomic E-state index is 0.0937. The molecule has 1 aliphatic rings. The van der Waals surface area contributed by atoms with E-state index >= 15 is 0 Å². The summed E-state index contributed by atoms with van der Waals surface area (Å²) in [6.45, 7) is 7.86. The number of rotatable bonds is 7. The smallest absolute Gasteiger partial charge is 0.324 e. The van der Waals surface area contributed by atoms with Gasteiger partial charge in [0.2, 0.25) is 5.88 Å². The highest BCUT2D eigenvalue weighted by Crippen LogP contribution is 2.37. The van der Waals surface area contributed by atoms with E-state index in [2.05, 4.69) is 37.7 Å². The Kier molecular flexibility index (Phi) is 7.25. The van der Waals surface area contributed by atoms with Crippen molar-refractivity contribution in [3.8, 4) is 23.1 Å². The molecule has 2 aromatic carbocycles. The molecule has 2 amide bonds. The second-order valence-corrected chi connectivity index (χ2v) is 10.5. The van der Waals surface area contributed by atoms with Gasteiger partial charge in [-0.15, -0.1) is 0 Å². The SMILES string of the molecule is COc1cc2c(Oc3cccc(NC(=O)Nc4cc(C(C)(C)C)on4)c3)ncnc2cc1OC1CCN(C)C1. The van der Waals surface area contributed by atoms with Crippen molar-refractivity contribution in [2.45, 2.75) is 38.7 Å². The maximum absolute atomic E-state index is 12.5. The number of hydrogen-bond acceptors (Lipinski definition) is 9. The lowest BCUT2D eigenvalue weighted by Crippen LogP contribution is -2.21. The van der Waals surface area contributed by atoms with Crippen LogP contribution < -0.4 is 24.8 Å². The van der Waals surface area contributed by atoms with E-state index in [4.69, 9.17) is 18.7 Å². The summed E-state index contributed by atoms with van der Waals surface area (Å²) in [5, 5.41) is 10.0. The highest BCUT2D eigenvalue weighted by molar-refractivity contribution is 5.99. The lowest BCUT2D eigenvalue weighted by Gasteiger charge is -2.17. The van der Waals surface area contributed by atoms with Crippen molar-refractivity contribution < 1.29 is 23.5 Å². The molecule has 0 aliphatic carbocycles. The normalized spacial score (nSPS) is 15.8. The van der Waals surface area contributed by atoms with E-state index in [1.165, 1.54) is 6.33 Å². The molecule has 2 aromatic heterocycles. The second kappa shape index (κ2) is 10.8. The number of urea groups is 1. The zero-order valence-corrected chi connectivity index (χ0v) is 22.6. The van der Waals surface area contributed by atoms with Crippen molar-refractivity contribution in [3.05, 3.63) is 54.6 Å². The minimum Gasteiger partial charge on any atom is -0.493 e. The fourth-order valence-electron chi connectivity index (χ4n) is 4.26. The largest absolute Gasteiger partial charge is 0.493 e. The van der Waals surface area contributed by atoms with Crippen LogP contribution in [0.3, 0.4) is 0 Å². The summed E-state index contributed by atoms with van der Waals surface area (Å²) in [6, 6.07) is 11.9. The van der Waals surface area contributed by atoms with Crippen molar-refractivity contribution in [2.75, 3.05) is 37.9 Å². The molecule has 1 unspecified atom stereocenters. The molecule has 1 aliphatic heterocycles. The molecule has 11 nitrogen and oxygen atoms in total. The Bertz CT molecular complexity index is 1480. The number of fused-ring (bicyclic) bond motifs is 1. The number of nitrogens with one attached hydrogen (secondary N) is 2. The first-order valence-electron chi connectivity index (χ1n) is 12.7. The quantitative estimate of drug-likeness (QED) is 0.320. The van der Waals surface area contributed by atoms with Gasteiger partial charge in [0.1, 0.15) is 23.9 Å². The van der Waals surface area contributed by atoms with Crippen LogP contribution in [0, 0.1) is 0 Å². The van der Waals surface area contributed by atoms with Gasteiger partial charge in [-0.05, 0) is 31.7 Å². The average molecular weight is 533 g/mol. The number of aromatic nitrogens is 3. The van der Waals surface area contributed by atoms with E-state index in [0.29, 0.717) is 51.3 Å². The van der Waals surface area contributed by atoms with E-state index in [9.17, 15) is 4.79 Å². The highest BCUT2D eigenvalue weighted by atomic mass is 16.5. The fourth-order valence-corrected chi connectivity index (χ4v) is 4.26. The fraction of sp³-hybridized carbons (Fsp3) is 0.357. The van der Waals surface area contributed by atoms with Gasteiger partial charge < -0.3 is 29.0 Å². The van der Waals surface area contributed by atoms with Gasteiger partial charge in [-0.25, -0.2) is 14.8 Å². The van der Waals surface area contributed by atoms with Gasteiger partial charge in [-0.3, -0.25) is 5.32 Å². The van der Waals surface area contributed by atoms with Crippen LogP contribution in [0.25, 0.3) is 10.9 Å². The number of carbonyl (C=O) groups excluding carboxylic acids is 1. The van der Waals surface area contributed by atoms with E-state index in [0.717, 1.165) is 19.5 Å². The van der Waals surface area contributed by atoms with Crippen LogP contribution in [0.4, 0.5) is 16.3 Å². The zero-order chi connectivity index (χ0) is 27.6. The van der Waals surface area contributed by atoms with E-state index in [-0.39, 0.29) is 11.5 Å². The maximum atomic E-state index is 12.5. The summed E-state index contributed by atoms with van der Waals surface area (Å²) in [4.78, 5) is 23.5. The van der Waals surface area contributed by atoms with Crippen LogP contribution in [0.5, 0.6) is 23.1 Å². The maximum Gasteiger partial charge on any atom is 0.324 e. The van der Waals surface area contributed by atoms with Gasteiger partial charge >= 0.3 is 6.03 Å². The zero-order valence-electron chi connectivity index (χ0n) is 22.6. The highest BCUT2D eigenvalue weighted by Gasteiger charge is 2.23. The Hall–Kier alpha value is -4.38. The third-order valence-electron chi connectivity index (χ3n) is 6.32. The van der Waals surface area contributed by atoms with Crippen LogP contribution in [-0.2, 0) is 5.41 Å². The molecule has 2 N–H and O–H groups in total. The Morgan fingerprint density at radius 1 is 1.10 bits per heavy atom. The Balaban J connectivity index is 1.30. The monoisotopic (exact) mass is 532 g/mol. The van der Waals surface area contributed by atoms with Gasteiger partial charge in [0, 0.05) is 42.4 Å². The Labute approximate surface area is 226 Å². The van der Waals surface area contributed by atoms with E-state index < -0.39 is 6.03 Å². The molecule has 3 heterocycles. The molecular weight excluding hydrogens is 500 g/mol. The molecule has 1 saturated heterocycles. The third kappa shape index (κ3) is 6.20. The van der Waals surface area contributed by atoms with Crippen molar-refractivity contribution in [1.82, 2.24) is 20.0 Å². The summed E-state index contributed by atoms with van der Waals surface area (Å²) < 4.78 is 23.3. The summed E-state index contributed by atoms with van der Waals surface area (Å²) in [6.07, 6.45) is 2.49. The van der Waals surface area contributed by atoms with Crippen molar-refractivity contribution in [1.29, 1.82) is 0 Å². The predicted molar refractivity (Wildman–Crippen MR) is 147 cm³/mol. The predicted octanol–water partition coefficient (Wildman–Crippen LogP) is 5.44. The number of amides is 2. The molecular formula is C28H32N6O5. The van der Waals surface area contributed by atoms with Gasteiger partial charge in [-0.2, -0.15) is 0 Å². The number of nitrogens with zero attached hydrogens (tertiary/aromatic N) is 4. The van der Waals surface area contributed by atoms with Crippen molar-refractivity contribution >= 4 is 28.4 Å². The molecule has 39 heavy (non-hydrogen) atoms. The van der Waals surface area contributed by atoms with Gasteiger partial charge in [0.05, 0.1) is 18.0 Å². The molecule has 1 fully saturated rings. The Morgan fingerprint density at radius 3 is 2.67 bits per heavy atom. The molecule has 11 heteroatoms. The standard InChI is InChI=1S/C28H32N6O5/c1-28(2,3)24-14-25(33-39-24)32-27(35)31-17-7-6-8-18(11-17)38-26-20-12-22(36-5)23(13-21(20)29-16-30-26)37-19-9-10-34(4)15-19/h6-8,11-14,16,19H,9-10,15H2,1-5H3,(H2,31,32,33,35). The summed E-state index contributed by atoms with van der Waals surface area (Å²) >= 11 is 0. The number of carbonyl (C=O) groups is 1. The molecule has 0 spiro atoms. The van der Waals surface area contributed by atoms with Crippen LogP contribution >= 0.6 is 0 Å². The van der Waals surface area contributed by atoms with Gasteiger partial charge in [0.25, 0.3) is 0 Å². The first kappa shape index (κ1) is 26.2. The number of likely N-dealkylation sites (N-methyl/N-ethyl adjacent to an activating group) is 1. The van der Waals surface area contributed by atoms with Crippen LogP contribution in [0.15, 0.2) is 53.3 Å². The summed E-state index contributed by atoms with van der Waals surface area (Å²) in [7, 11) is 3.68. The van der Waals surface area contributed by atoms with E-state index in [1.54, 1.807) is 37.4 Å². The summed E-state index contributed by atoms with van der Waals surface area (Å²) in [5.74, 6) is 3.04. The van der Waals surface area contributed by atoms with Gasteiger partial charge in [-0.1, -0.05) is 32.0 Å². The molecule has 0 radical (unpaired) electrons. The molecule has 0 saturated carbocycles. The van der Waals surface area contributed by atoms with Crippen molar-refractivity contribution in [2.24, 2.45) is 0 Å².